The van der Waals surface area contributed by atoms with Gasteiger partial charge in [-0.15, -0.1) is 0 Å². The van der Waals surface area contributed by atoms with Crippen molar-refractivity contribution in [3.8, 4) is 0 Å². The van der Waals surface area contributed by atoms with Crippen LogP contribution in [-0.4, -0.2) is 31.4 Å². The number of nitrogens with zero attached hydrogens (tertiary/aromatic N) is 1. The highest BCUT2D eigenvalue weighted by Crippen LogP contribution is 2.37. The van der Waals surface area contributed by atoms with Crippen molar-refractivity contribution in [2.24, 2.45) is 0 Å². The van der Waals surface area contributed by atoms with E-state index in [0.717, 1.165) is 12.8 Å². The predicted molar refractivity (Wildman–Crippen MR) is 113 cm³/mol. The van der Waals surface area contributed by atoms with E-state index >= 15 is 0 Å². The van der Waals surface area contributed by atoms with Crippen LogP contribution in [-0.2, 0) is 21.9 Å². The van der Waals surface area contributed by atoms with Crippen molar-refractivity contribution >= 4 is 6.29 Å². The summed E-state index contributed by atoms with van der Waals surface area (Å²) in [6, 6.07) is 12.4. The molecule has 0 N–H and O–H groups in total. The Bertz CT molecular complexity index is 851. The molecule has 0 spiro atoms. The van der Waals surface area contributed by atoms with Crippen LogP contribution in [0.1, 0.15) is 60.6 Å². The van der Waals surface area contributed by atoms with Gasteiger partial charge in [-0.25, -0.2) is 0 Å². The van der Waals surface area contributed by atoms with Crippen molar-refractivity contribution in [1.29, 1.82) is 0 Å². The zero-order valence-electron chi connectivity index (χ0n) is 18.4. The zero-order chi connectivity index (χ0) is 24.6. The molecule has 1 heterocycles. The van der Waals surface area contributed by atoms with Crippen LogP contribution in [0.3, 0.4) is 0 Å². The summed E-state index contributed by atoms with van der Waals surface area (Å²) in [5.74, 6) is 0. The van der Waals surface area contributed by atoms with Crippen LogP contribution >= 0.6 is 0 Å². The summed E-state index contributed by atoms with van der Waals surface area (Å²) in [5, 5.41) is 0. The molecular weight excluding hydrogens is 448 g/mol. The van der Waals surface area contributed by atoms with E-state index in [-0.39, 0.29) is 11.6 Å². The monoisotopic (exact) mass is 475 g/mol. The second kappa shape index (κ2) is 11.7. The van der Waals surface area contributed by atoms with Gasteiger partial charge in [-0.1, -0.05) is 36.8 Å². The summed E-state index contributed by atoms with van der Waals surface area (Å²) in [6.07, 6.45) is -5.83. The van der Waals surface area contributed by atoms with E-state index in [9.17, 15) is 31.1 Å². The van der Waals surface area contributed by atoms with Crippen LogP contribution in [0.4, 0.5) is 26.3 Å². The van der Waals surface area contributed by atoms with Crippen molar-refractivity contribution in [2.75, 3.05) is 20.2 Å². The molecule has 1 fully saturated rings. The molecule has 1 aliphatic heterocycles. The molecule has 0 aliphatic carbocycles. The molecule has 0 amide bonds. The van der Waals surface area contributed by atoms with Gasteiger partial charge in [0.25, 0.3) is 0 Å². The molecule has 3 rings (SSSR count). The van der Waals surface area contributed by atoms with E-state index in [4.69, 9.17) is 4.74 Å². The molecule has 1 saturated heterocycles. The number of methoxy groups -OCH3 is 1. The van der Waals surface area contributed by atoms with Gasteiger partial charge in [0.15, 0.2) is 0 Å². The number of rotatable bonds is 5. The third-order valence-electron chi connectivity index (χ3n) is 5.54. The van der Waals surface area contributed by atoms with Gasteiger partial charge in [0, 0.05) is 13.2 Å². The maximum atomic E-state index is 12.5. The maximum Gasteiger partial charge on any atom is 0.416 e. The summed E-state index contributed by atoms with van der Waals surface area (Å²) in [6.45, 7) is 2.99. The lowest BCUT2D eigenvalue weighted by Crippen LogP contribution is -2.34. The first kappa shape index (κ1) is 26.9. The smallest absolute Gasteiger partial charge is 0.377 e. The molecule has 0 bridgehead atoms. The Labute approximate surface area is 189 Å². The second-order valence-corrected chi connectivity index (χ2v) is 7.80. The highest BCUT2D eigenvalue weighted by atomic mass is 19.4. The number of likely N-dealkylation sites (tertiary alicyclic amines) is 1. The predicted octanol–water partition coefficient (Wildman–Crippen LogP) is 6.84. The van der Waals surface area contributed by atoms with Crippen LogP contribution in [0.15, 0.2) is 48.5 Å². The molecule has 33 heavy (non-hydrogen) atoms. The van der Waals surface area contributed by atoms with Gasteiger partial charge < -0.3 is 9.53 Å². The van der Waals surface area contributed by atoms with Crippen LogP contribution in [0, 0.1) is 0 Å². The van der Waals surface area contributed by atoms with Crippen molar-refractivity contribution in [3.63, 3.8) is 0 Å². The van der Waals surface area contributed by atoms with Gasteiger partial charge in [0.2, 0.25) is 0 Å². The third-order valence-corrected chi connectivity index (χ3v) is 5.54. The van der Waals surface area contributed by atoms with Gasteiger partial charge in [0.1, 0.15) is 6.29 Å². The minimum absolute atomic E-state index is 0.0892. The number of hydrogen-bond donors (Lipinski definition) is 0. The Morgan fingerprint density at radius 3 is 2.06 bits per heavy atom. The third kappa shape index (κ3) is 7.85. The first-order valence-corrected chi connectivity index (χ1v) is 10.5. The average Bonchev–Trinajstić information content (AvgIpc) is 2.78. The fraction of sp³-hybridized carbons (Fsp3) is 0.458. The van der Waals surface area contributed by atoms with E-state index < -0.39 is 29.6 Å². The van der Waals surface area contributed by atoms with Crippen LogP contribution < -0.4 is 0 Å². The summed E-state index contributed by atoms with van der Waals surface area (Å²) < 4.78 is 79.7. The first-order chi connectivity index (χ1) is 15.5. The number of ether oxygens (including phenoxy) is 1. The Morgan fingerprint density at radius 2 is 1.58 bits per heavy atom. The van der Waals surface area contributed by atoms with Gasteiger partial charge in [-0.3, -0.25) is 4.90 Å². The summed E-state index contributed by atoms with van der Waals surface area (Å²) in [4.78, 5) is 12.9. The number of halogens is 6. The minimum Gasteiger partial charge on any atom is -0.377 e. The lowest BCUT2D eigenvalue weighted by Gasteiger charge is -2.34. The average molecular weight is 475 g/mol. The minimum atomic E-state index is -4.83. The van der Waals surface area contributed by atoms with E-state index in [1.165, 1.54) is 38.9 Å². The molecule has 182 valence electrons. The van der Waals surface area contributed by atoms with Gasteiger partial charge in [0.05, 0.1) is 23.8 Å². The fourth-order valence-electron chi connectivity index (χ4n) is 3.71. The molecule has 0 saturated carbocycles. The molecule has 0 radical (unpaired) electrons. The van der Waals surface area contributed by atoms with Crippen molar-refractivity contribution in [2.45, 2.75) is 50.7 Å². The Morgan fingerprint density at radius 1 is 1.00 bits per heavy atom. The quantitative estimate of drug-likeness (QED) is 0.350. The summed E-state index contributed by atoms with van der Waals surface area (Å²) in [5.41, 5.74) is -1.49. The Kier molecular flexibility index (Phi) is 9.48. The van der Waals surface area contributed by atoms with E-state index in [1.54, 1.807) is 0 Å². The molecule has 2 aromatic rings. The number of carbonyl (C=O) groups is 1. The van der Waals surface area contributed by atoms with Crippen molar-refractivity contribution in [3.05, 3.63) is 70.8 Å². The highest BCUT2D eigenvalue weighted by molar-refractivity contribution is 5.52. The topological polar surface area (TPSA) is 29.5 Å². The molecule has 2 atom stereocenters. The standard InChI is InChI=1S/C13H17NO.C11H10F6O/c15-11-10-14-9-5-4-8-13(14)12-6-2-1-3-7-12;1-6(18-2)7-3-8(10(12,13)14)5-9(4-7)11(15,16)17/h1-3,6-7,11,13H,4-5,8-10H2;3-6H,1-2H3. The number of benzene rings is 2. The molecule has 9 heteroatoms. The van der Waals surface area contributed by atoms with Gasteiger partial charge in [-0.05, 0) is 55.6 Å². The molecule has 1 aliphatic rings. The number of alkyl halides is 6. The number of aldehydes is 1. The van der Waals surface area contributed by atoms with Gasteiger partial charge in [-0.2, -0.15) is 26.3 Å². The highest BCUT2D eigenvalue weighted by Gasteiger charge is 2.37. The molecule has 2 aromatic carbocycles. The number of carbonyl (C=O) groups excluding carboxylic acids is 1. The van der Waals surface area contributed by atoms with E-state index in [2.05, 4.69) is 29.2 Å². The Hall–Kier alpha value is -2.39. The molecule has 3 nitrogen and oxygen atoms in total. The molecular formula is C24H27F6NO2. The van der Waals surface area contributed by atoms with Crippen LogP contribution in [0.5, 0.6) is 0 Å². The fourth-order valence-corrected chi connectivity index (χ4v) is 3.71. The van der Waals surface area contributed by atoms with Crippen LogP contribution in [0.2, 0.25) is 0 Å². The summed E-state index contributed by atoms with van der Waals surface area (Å²) in [7, 11) is 1.21. The largest absolute Gasteiger partial charge is 0.416 e. The maximum absolute atomic E-state index is 12.5. The lowest BCUT2D eigenvalue weighted by molar-refractivity contribution is -0.143. The molecule has 0 aromatic heterocycles. The van der Waals surface area contributed by atoms with E-state index in [1.807, 2.05) is 6.07 Å². The molecule has 2 unspecified atom stereocenters. The van der Waals surface area contributed by atoms with Crippen LogP contribution in [0.25, 0.3) is 0 Å². The second-order valence-electron chi connectivity index (χ2n) is 7.80. The van der Waals surface area contributed by atoms with Gasteiger partial charge >= 0.3 is 12.4 Å². The van der Waals surface area contributed by atoms with E-state index in [0.29, 0.717) is 24.7 Å². The number of hydrogen-bond acceptors (Lipinski definition) is 3. The lowest BCUT2D eigenvalue weighted by atomic mass is 9.95. The zero-order valence-corrected chi connectivity index (χ0v) is 18.4. The summed E-state index contributed by atoms with van der Waals surface area (Å²) >= 11 is 0. The number of piperidine rings is 1. The normalized spacial score (nSPS) is 18.2. The van der Waals surface area contributed by atoms with Crippen molar-refractivity contribution in [1.82, 2.24) is 4.90 Å². The SMILES string of the molecule is COC(C)c1cc(C(F)(F)F)cc(C(F)(F)F)c1.O=CCN1CCCCC1c1ccccc1. The Balaban J connectivity index is 0.000000237. The van der Waals surface area contributed by atoms with Crippen molar-refractivity contribution < 1.29 is 35.9 Å². The first-order valence-electron chi connectivity index (χ1n) is 10.5.